The molecule has 0 fully saturated rings. The summed E-state index contributed by atoms with van der Waals surface area (Å²) in [5.41, 5.74) is 8.59. The third-order valence-electron chi connectivity index (χ3n) is 2.32. The third kappa shape index (κ3) is 1.26. The summed E-state index contributed by atoms with van der Waals surface area (Å²) in [5.74, 6) is 0. The van der Waals surface area contributed by atoms with Gasteiger partial charge in [0.1, 0.15) is 0 Å². The van der Waals surface area contributed by atoms with E-state index in [2.05, 4.69) is 28.7 Å². The van der Waals surface area contributed by atoms with E-state index < -0.39 is 0 Å². The predicted octanol–water partition coefficient (Wildman–Crippen LogP) is 2.89. The van der Waals surface area contributed by atoms with Crippen LogP contribution in [0.15, 0.2) is 12.1 Å². The number of benzene rings is 1. The minimum atomic E-state index is 0.200. The molecule has 1 aromatic carbocycles. The Morgan fingerprint density at radius 3 is 3.00 bits per heavy atom. The lowest BCUT2D eigenvalue weighted by atomic mass is 10.1. The molecule has 0 saturated carbocycles. The number of halogens is 2. The van der Waals surface area contributed by atoms with Gasteiger partial charge in [0.2, 0.25) is 0 Å². The minimum Gasteiger partial charge on any atom is -0.324 e. The first kappa shape index (κ1) is 8.78. The van der Waals surface area contributed by atoms with E-state index in [9.17, 15) is 0 Å². The lowest BCUT2D eigenvalue weighted by Gasteiger charge is -2.08. The number of hydrogen-bond donors (Lipinski definition) is 1. The smallest absolute Gasteiger partial charge is 0.0543 e. The molecule has 0 spiro atoms. The van der Waals surface area contributed by atoms with Gasteiger partial charge in [0.15, 0.2) is 0 Å². The highest BCUT2D eigenvalue weighted by Gasteiger charge is 2.22. The first-order valence-electron chi connectivity index (χ1n) is 3.92. The van der Waals surface area contributed by atoms with Crippen LogP contribution in [0.25, 0.3) is 0 Å². The zero-order valence-electron chi connectivity index (χ0n) is 6.48. The van der Waals surface area contributed by atoms with Crippen LogP contribution < -0.4 is 5.73 Å². The summed E-state index contributed by atoms with van der Waals surface area (Å²) in [7, 11) is 0. The monoisotopic (exact) mass is 293 g/mol. The molecule has 12 heavy (non-hydrogen) atoms. The zero-order valence-corrected chi connectivity index (χ0v) is 9.39. The standard InChI is InChI=1S/C9H9ClIN/c10-6-3-1-5-2-4-7(12)8(5)9(6)11/h1,3,7H,2,4,12H2. The van der Waals surface area contributed by atoms with Crippen molar-refractivity contribution in [3.05, 3.63) is 31.9 Å². The van der Waals surface area contributed by atoms with Gasteiger partial charge < -0.3 is 5.73 Å². The van der Waals surface area contributed by atoms with E-state index in [4.69, 9.17) is 17.3 Å². The zero-order chi connectivity index (χ0) is 8.72. The molecule has 2 N–H and O–H groups in total. The summed E-state index contributed by atoms with van der Waals surface area (Å²) in [6.07, 6.45) is 2.16. The molecule has 0 radical (unpaired) electrons. The van der Waals surface area contributed by atoms with Crippen LogP contribution in [-0.4, -0.2) is 0 Å². The molecule has 64 valence electrons. The average molecular weight is 294 g/mol. The molecular formula is C9H9ClIN. The molecule has 1 nitrogen and oxygen atoms in total. The van der Waals surface area contributed by atoms with Gasteiger partial charge >= 0.3 is 0 Å². The molecule has 1 unspecified atom stereocenters. The lowest BCUT2D eigenvalue weighted by molar-refractivity contribution is 0.711. The molecule has 3 heteroatoms. The van der Waals surface area contributed by atoms with E-state index in [0.717, 1.165) is 21.4 Å². The van der Waals surface area contributed by atoms with Crippen molar-refractivity contribution >= 4 is 34.2 Å². The number of aryl methyl sites for hydroxylation is 1. The summed E-state index contributed by atoms with van der Waals surface area (Å²) >= 11 is 8.27. The van der Waals surface area contributed by atoms with Crippen LogP contribution in [-0.2, 0) is 6.42 Å². The van der Waals surface area contributed by atoms with Crippen LogP contribution in [0.1, 0.15) is 23.6 Å². The van der Waals surface area contributed by atoms with Crippen LogP contribution in [0.5, 0.6) is 0 Å². The summed E-state index contributed by atoms with van der Waals surface area (Å²) in [5, 5.41) is 0.826. The highest BCUT2D eigenvalue weighted by atomic mass is 127. The molecule has 1 aromatic rings. The van der Waals surface area contributed by atoms with Crippen molar-refractivity contribution in [3.8, 4) is 0 Å². The fourth-order valence-electron chi connectivity index (χ4n) is 1.68. The quantitative estimate of drug-likeness (QED) is 0.731. The van der Waals surface area contributed by atoms with E-state index >= 15 is 0 Å². The molecule has 2 rings (SSSR count). The second-order valence-electron chi connectivity index (χ2n) is 3.08. The first-order valence-corrected chi connectivity index (χ1v) is 5.38. The maximum Gasteiger partial charge on any atom is 0.0543 e. The Hall–Kier alpha value is 0.200. The molecule has 0 amide bonds. The van der Waals surface area contributed by atoms with Gasteiger partial charge in [-0.15, -0.1) is 0 Å². The Labute approximate surface area is 90.4 Å². The van der Waals surface area contributed by atoms with Crippen molar-refractivity contribution in [2.75, 3.05) is 0 Å². The molecule has 1 aliphatic carbocycles. The molecule has 0 bridgehead atoms. The number of nitrogens with two attached hydrogens (primary N) is 1. The van der Waals surface area contributed by atoms with Gasteiger partial charge in [-0.1, -0.05) is 17.7 Å². The Balaban J connectivity index is 2.63. The van der Waals surface area contributed by atoms with Crippen molar-refractivity contribution < 1.29 is 0 Å². The summed E-state index contributed by atoms with van der Waals surface area (Å²) in [4.78, 5) is 0. The Morgan fingerprint density at radius 2 is 2.25 bits per heavy atom. The first-order chi connectivity index (χ1) is 5.70. The topological polar surface area (TPSA) is 26.0 Å². The van der Waals surface area contributed by atoms with Gasteiger partial charge in [-0.2, -0.15) is 0 Å². The van der Waals surface area contributed by atoms with E-state index in [-0.39, 0.29) is 6.04 Å². The van der Waals surface area contributed by atoms with E-state index in [0.29, 0.717) is 0 Å². The van der Waals surface area contributed by atoms with Crippen LogP contribution >= 0.6 is 34.2 Å². The van der Waals surface area contributed by atoms with Gasteiger partial charge in [-0.05, 0) is 52.6 Å². The SMILES string of the molecule is NC1CCc2ccc(Cl)c(I)c21. The molecule has 0 aliphatic heterocycles. The minimum absolute atomic E-state index is 0.200. The third-order valence-corrected chi connectivity index (χ3v) is 4.11. The van der Waals surface area contributed by atoms with Crippen molar-refractivity contribution in [3.63, 3.8) is 0 Å². The fourth-order valence-corrected chi connectivity index (χ4v) is 2.77. The highest BCUT2D eigenvalue weighted by Crippen LogP contribution is 2.36. The predicted molar refractivity (Wildman–Crippen MR) is 59.4 cm³/mol. The summed E-state index contributed by atoms with van der Waals surface area (Å²) in [6, 6.07) is 4.25. The molecule has 0 heterocycles. The number of fused-ring (bicyclic) bond motifs is 1. The molecular weight excluding hydrogens is 284 g/mol. The highest BCUT2D eigenvalue weighted by molar-refractivity contribution is 14.1. The van der Waals surface area contributed by atoms with E-state index in [1.54, 1.807) is 0 Å². The van der Waals surface area contributed by atoms with Gasteiger partial charge in [0.05, 0.1) is 5.02 Å². The van der Waals surface area contributed by atoms with Crippen LogP contribution in [0.2, 0.25) is 5.02 Å². The Kier molecular flexibility index (Phi) is 2.31. The molecule has 1 aliphatic rings. The molecule has 0 aromatic heterocycles. The average Bonchev–Trinajstić information content (AvgIpc) is 2.41. The van der Waals surface area contributed by atoms with Gasteiger partial charge in [0.25, 0.3) is 0 Å². The molecule has 1 atom stereocenters. The van der Waals surface area contributed by atoms with Crippen molar-refractivity contribution in [1.29, 1.82) is 0 Å². The van der Waals surface area contributed by atoms with Crippen LogP contribution in [0.4, 0.5) is 0 Å². The lowest BCUT2D eigenvalue weighted by Crippen LogP contribution is -2.07. The second kappa shape index (κ2) is 3.16. The van der Waals surface area contributed by atoms with Gasteiger partial charge in [-0.25, -0.2) is 0 Å². The van der Waals surface area contributed by atoms with Crippen molar-refractivity contribution in [2.24, 2.45) is 5.73 Å². The summed E-state index contributed by atoms with van der Waals surface area (Å²) < 4.78 is 1.14. The summed E-state index contributed by atoms with van der Waals surface area (Å²) in [6.45, 7) is 0. The van der Waals surface area contributed by atoms with E-state index in [1.165, 1.54) is 11.1 Å². The van der Waals surface area contributed by atoms with Crippen LogP contribution in [0.3, 0.4) is 0 Å². The van der Waals surface area contributed by atoms with Crippen LogP contribution in [0, 0.1) is 3.57 Å². The molecule has 0 saturated heterocycles. The Bertz CT molecular complexity index is 325. The maximum atomic E-state index is 5.99. The number of rotatable bonds is 0. The maximum absolute atomic E-state index is 5.99. The Morgan fingerprint density at radius 1 is 1.50 bits per heavy atom. The fraction of sp³-hybridized carbons (Fsp3) is 0.333. The second-order valence-corrected chi connectivity index (χ2v) is 4.57. The largest absolute Gasteiger partial charge is 0.324 e. The van der Waals surface area contributed by atoms with Crippen molar-refractivity contribution in [1.82, 2.24) is 0 Å². The van der Waals surface area contributed by atoms with Gasteiger partial charge in [-0.3, -0.25) is 0 Å². The van der Waals surface area contributed by atoms with Crippen molar-refractivity contribution in [2.45, 2.75) is 18.9 Å². The van der Waals surface area contributed by atoms with E-state index in [1.807, 2.05) is 6.07 Å². The number of hydrogen-bond acceptors (Lipinski definition) is 1. The normalized spacial score (nSPS) is 21.1. The van der Waals surface area contributed by atoms with Gasteiger partial charge in [0, 0.05) is 9.61 Å².